The summed E-state index contributed by atoms with van der Waals surface area (Å²) in [5.74, 6) is 0. The fourth-order valence-electron chi connectivity index (χ4n) is 1.31. The van der Waals surface area contributed by atoms with Gasteiger partial charge in [-0.2, -0.15) is 0 Å². The summed E-state index contributed by atoms with van der Waals surface area (Å²) in [6.07, 6.45) is 0.979. The Hall–Kier alpha value is -0.120. The first-order valence-corrected chi connectivity index (χ1v) is 3.43. The van der Waals surface area contributed by atoms with Crippen molar-refractivity contribution in [3.8, 4) is 0 Å². The van der Waals surface area contributed by atoms with Gasteiger partial charge in [0.2, 0.25) is 0 Å². The molecule has 1 aliphatic rings. The van der Waals surface area contributed by atoms with E-state index in [-0.39, 0.29) is 10.7 Å². The van der Waals surface area contributed by atoms with Crippen LogP contribution in [0.15, 0.2) is 0 Å². The highest BCUT2D eigenvalue weighted by atomic mass is 16.5. The summed E-state index contributed by atoms with van der Waals surface area (Å²) in [6, 6.07) is 0.282. The van der Waals surface area contributed by atoms with Crippen molar-refractivity contribution < 1.29 is 4.65 Å². The van der Waals surface area contributed by atoms with Gasteiger partial charge in [0.15, 0.2) is 0 Å². The quantitative estimate of drug-likeness (QED) is 0.408. The molecular weight excluding hydrogens is 116 g/mol. The minimum absolute atomic E-state index is 0.101. The molecule has 0 aliphatic carbocycles. The zero-order valence-electron chi connectivity index (χ0n) is 6.05. The maximum absolute atomic E-state index is 11.3. The van der Waals surface area contributed by atoms with Crippen LogP contribution in [0.5, 0.6) is 0 Å². The van der Waals surface area contributed by atoms with E-state index in [1.165, 1.54) is 0 Å². The maximum Gasteiger partial charge on any atom is 0.132 e. The second kappa shape index (κ2) is 2.25. The first-order valence-electron chi connectivity index (χ1n) is 3.43. The van der Waals surface area contributed by atoms with Gasteiger partial charge in [0.25, 0.3) is 0 Å². The lowest BCUT2D eigenvalue weighted by atomic mass is 10.2. The molecule has 0 aromatic carbocycles. The van der Waals surface area contributed by atoms with Gasteiger partial charge >= 0.3 is 0 Å². The van der Waals surface area contributed by atoms with Crippen molar-refractivity contribution in [3.05, 3.63) is 5.21 Å². The highest BCUT2D eigenvalue weighted by Gasteiger charge is 2.28. The molecule has 0 amide bonds. The third-order valence-electron chi connectivity index (χ3n) is 2.05. The first-order chi connectivity index (χ1) is 4.17. The van der Waals surface area contributed by atoms with Crippen LogP contribution < -0.4 is 5.32 Å². The summed E-state index contributed by atoms with van der Waals surface area (Å²) in [5, 5.41) is 14.4. The lowest BCUT2D eigenvalue weighted by Crippen LogP contribution is -2.42. The summed E-state index contributed by atoms with van der Waals surface area (Å²) in [5.41, 5.74) is 0. The predicted octanol–water partition coefficient (Wildman–Crippen LogP) is 0.270. The Bertz CT molecular complexity index is 103. The highest BCUT2D eigenvalue weighted by molar-refractivity contribution is 4.66. The van der Waals surface area contributed by atoms with E-state index in [1.54, 1.807) is 7.05 Å². The summed E-state index contributed by atoms with van der Waals surface area (Å²) >= 11 is 0. The Labute approximate surface area is 55.8 Å². The van der Waals surface area contributed by atoms with Gasteiger partial charge in [0.05, 0.1) is 13.6 Å². The molecule has 3 nitrogen and oxygen atoms in total. The summed E-state index contributed by atoms with van der Waals surface area (Å²) in [6.45, 7) is 3.53. The fourth-order valence-corrected chi connectivity index (χ4v) is 1.31. The van der Waals surface area contributed by atoms with Crippen LogP contribution in [-0.2, 0) is 0 Å². The molecule has 0 radical (unpaired) electrons. The minimum atomic E-state index is -0.101. The van der Waals surface area contributed by atoms with Crippen LogP contribution in [0.4, 0.5) is 0 Å². The average molecular weight is 130 g/mol. The van der Waals surface area contributed by atoms with Crippen LogP contribution >= 0.6 is 0 Å². The van der Waals surface area contributed by atoms with Gasteiger partial charge in [-0.15, -0.1) is 0 Å². The zero-order valence-corrected chi connectivity index (χ0v) is 6.05. The van der Waals surface area contributed by atoms with E-state index in [0.29, 0.717) is 6.67 Å². The largest absolute Gasteiger partial charge is 0.632 e. The van der Waals surface area contributed by atoms with Crippen molar-refractivity contribution >= 4 is 0 Å². The van der Waals surface area contributed by atoms with Crippen molar-refractivity contribution in [1.29, 1.82) is 0 Å². The Kier molecular flexibility index (Phi) is 1.75. The highest BCUT2D eigenvalue weighted by Crippen LogP contribution is 2.14. The number of hydrogen-bond donors (Lipinski definition) is 1. The molecule has 1 N–H and O–H groups in total. The number of quaternary nitrogens is 1. The molecule has 1 rings (SSSR count). The lowest BCUT2D eigenvalue weighted by molar-refractivity contribution is -0.873. The summed E-state index contributed by atoms with van der Waals surface area (Å²) in [7, 11) is 1.73. The molecule has 54 valence electrons. The maximum atomic E-state index is 11.3. The number of likely N-dealkylation sites (N-methyl/N-ethyl adjacent to an activating group) is 1. The van der Waals surface area contributed by atoms with E-state index in [4.69, 9.17) is 0 Å². The third-order valence-corrected chi connectivity index (χ3v) is 2.05. The van der Waals surface area contributed by atoms with Crippen molar-refractivity contribution in [2.24, 2.45) is 0 Å². The van der Waals surface area contributed by atoms with Gasteiger partial charge in [-0.3, -0.25) is 5.32 Å². The molecule has 3 heteroatoms. The summed E-state index contributed by atoms with van der Waals surface area (Å²) in [4.78, 5) is 0. The van der Waals surface area contributed by atoms with Crippen LogP contribution in [0, 0.1) is 5.21 Å². The Morgan fingerprint density at radius 1 is 1.78 bits per heavy atom. The number of nitrogens with zero attached hydrogens (tertiary/aromatic N) is 1. The van der Waals surface area contributed by atoms with Gasteiger partial charge in [-0.1, -0.05) is 6.92 Å². The van der Waals surface area contributed by atoms with Crippen LogP contribution in [0.2, 0.25) is 0 Å². The molecule has 1 saturated heterocycles. The van der Waals surface area contributed by atoms with Gasteiger partial charge in [-0.05, 0) is 6.42 Å². The van der Waals surface area contributed by atoms with Crippen molar-refractivity contribution in [2.45, 2.75) is 19.4 Å². The minimum Gasteiger partial charge on any atom is -0.632 e. The van der Waals surface area contributed by atoms with Crippen LogP contribution in [0.3, 0.4) is 0 Å². The van der Waals surface area contributed by atoms with E-state index < -0.39 is 0 Å². The second-order valence-electron chi connectivity index (χ2n) is 2.85. The molecule has 1 aliphatic heterocycles. The number of rotatable bonds is 1. The molecule has 2 unspecified atom stereocenters. The Morgan fingerprint density at radius 3 is 2.67 bits per heavy atom. The third kappa shape index (κ3) is 1.23. The molecule has 0 aromatic heterocycles. The predicted molar refractivity (Wildman–Crippen MR) is 36.5 cm³/mol. The van der Waals surface area contributed by atoms with Gasteiger partial charge in [0, 0.05) is 0 Å². The van der Waals surface area contributed by atoms with E-state index >= 15 is 0 Å². The smallest absolute Gasteiger partial charge is 0.132 e. The Balaban J connectivity index is 2.52. The molecule has 2 atom stereocenters. The second-order valence-corrected chi connectivity index (χ2v) is 2.85. The van der Waals surface area contributed by atoms with Crippen LogP contribution in [0.1, 0.15) is 13.3 Å². The molecular formula is C6H14N2O. The molecule has 0 saturated carbocycles. The molecule has 1 heterocycles. The van der Waals surface area contributed by atoms with Crippen molar-refractivity contribution in [3.63, 3.8) is 0 Å². The van der Waals surface area contributed by atoms with E-state index in [9.17, 15) is 5.21 Å². The van der Waals surface area contributed by atoms with Crippen LogP contribution in [0.25, 0.3) is 0 Å². The number of hydrogen-bond acceptors (Lipinski definition) is 2. The molecule has 0 aromatic rings. The normalized spacial score (nSPS) is 43.7. The fraction of sp³-hybridized carbons (Fsp3) is 1.00. The van der Waals surface area contributed by atoms with E-state index in [2.05, 4.69) is 12.2 Å². The van der Waals surface area contributed by atoms with Gasteiger partial charge in [0.1, 0.15) is 12.7 Å². The van der Waals surface area contributed by atoms with Gasteiger partial charge in [-0.25, -0.2) is 0 Å². The van der Waals surface area contributed by atoms with Gasteiger partial charge < -0.3 is 9.85 Å². The molecule has 0 spiro atoms. The van der Waals surface area contributed by atoms with E-state index in [0.717, 1.165) is 13.0 Å². The molecule has 0 bridgehead atoms. The topological polar surface area (TPSA) is 35.1 Å². The number of hydroxylamine groups is 3. The summed E-state index contributed by atoms with van der Waals surface area (Å²) < 4.78 is -0.101. The van der Waals surface area contributed by atoms with Crippen molar-refractivity contribution in [2.75, 3.05) is 20.3 Å². The number of nitrogens with one attached hydrogen (secondary N) is 1. The lowest BCUT2D eigenvalue weighted by Gasteiger charge is -2.38. The standard InChI is InChI=1S/C6H14N2O/c1-3-6-4-7-5-8(6,2)9/h6-7H,3-5H2,1-2H3. The average Bonchev–Trinajstić information content (AvgIpc) is 2.08. The zero-order chi connectivity index (χ0) is 6.91. The van der Waals surface area contributed by atoms with Crippen LogP contribution in [-0.4, -0.2) is 30.9 Å². The SMILES string of the molecule is CCC1CNC[N+]1(C)[O-]. The van der Waals surface area contributed by atoms with Crippen molar-refractivity contribution in [1.82, 2.24) is 5.32 Å². The van der Waals surface area contributed by atoms with E-state index in [1.807, 2.05) is 0 Å². The first kappa shape index (κ1) is 6.99. The Morgan fingerprint density at radius 2 is 2.44 bits per heavy atom. The molecule has 1 fully saturated rings. The molecule has 9 heavy (non-hydrogen) atoms. The monoisotopic (exact) mass is 130 g/mol.